The van der Waals surface area contributed by atoms with Gasteiger partial charge in [0.2, 0.25) is 5.91 Å². The Morgan fingerprint density at radius 1 is 1.39 bits per heavy atom. The Balaban J connectivity index is 1.44. The second-order valence-corrected chi connectivity index (χ2v) is 7.33. The fourth-order valence-electron chi connectivity index (χ4n) is 3.43. The average molecular weight is 385 g/mol. The van der Waals surface area contributed by atoms with Gasteiger partial charge in [0.25, 0.3) is 5.88 Å². The van der Waals surface area contributed by atoms with Crippen LogP contribution in [0.4, 0.5) is 10.2 Å². The van der Waals surface area contributed by atoms with E-state index in [2.05, 4.69) is 20.9 Å². The molecular formula is C19H20FN5O3. The zero-order chi connectivity index (χ0) is 19.3. The third-order valence-corrected chi connectivity index (χ3v) is 5.13. The van der Waals surface area contributed by atoms with Crippen LogP contribution in [0.15, 0.2) is 28.9 Å². The number of carbonyl (C=O) groups is 1. The molecule has 0 aromatic carbocycles. The summed E-state index contributed by atoms with van der Waals surface area (Å²) in [7, 11) is 0. The topological polar surface area (TPSA) is 93.7 Å². The number of carbonyl (C=O) groups excluding carboxylic acids is 1. The smallest absolute Gasteiger partial charge is 0.262 e. The van der Waals surface area contributed by atoms with Crippen molar-refractivity contribution >= 4 is 17.2 Å². The van der Waals surface area contributed by atoms with Gasteiger partial charge >= 0.3 is 0 Å². The van der Waals surface area contributed by atoms with E-state index in [1.54, 1.807) is 17.6 Å². The van der Waals surface area contributed by atoms with Gasteiger partial charge in [0.15, 0.2) is 12.0 Å². The molecule has 28 heavy (non-hydrogen) atoms. The van der Waals surface area contributed by atoms with Crippen molar-refractivity contribution in [3.05, 3.63) is 30.2 Å². The van der Waals surface area contributed by atoms with Crippen LogP contribution in [0, 0.1) is 12.8 Å². The van der Waals surface area contributed by atoms with Gasteiger partial charge in [-0.25, -0.2) is 8.91 Å². The van der Waals surface area contributed by atoms with E-state index in [-0.39, 0.29) is 24.2 Å². The van der Waals surface area contributed by atoms with Crippen LogP contribution in [0.25, 0.3) is 16.6 Å². The summed E-state index contributed by atoms with van der Waals surface area (Å²) in [5.74, 6) is 1.51. The van der Waals surface area contributed by atoms with Crippen molar-refractivity contribution in [1.29, 1.82) is 0 Å². The molecule has 1 aliphatic heterocycles. The minimum atomic E-state index is -1.08. The van der Waals surface area contributed by atoms with Gasteiger partial charge in [0, 0.05) is 31.3 Å². The summed E-state index contributed by atoms with van der Waals surface area (Å²) < 4.78 is 26.7. The Bertz CT molecular complexity index is 1040. The van der Waals surface area contributed by atoms with Gasteiger partial charge in [-0.1, -0.05) is 0 Å². The molecule has 146 valence electrons. The van der Waals surface area contributed by atoms with Gasteiger partial charge in [0.1, 0.15) is 11.9 Å². The van der Waals surface area contributed by atoms with E-state index >= 15 is 0 Å². The predicted molar refractivity (Wildman–Crippen MR) is 99.0 cm³/mol. The Morgan fingerprint density at radius 2 is 2.25 bits per heavy atom. The Kier molecular flexibility index (Phi) is 4.04. The molecule has 2 fully saturated rings. The lowest BCUT2D eigenvalue weighted by molar-refractivity contribution is -0.117. The summed E-state index contributed by atoms with van der Waals surface area (Å²) in [6.07, 6.45) is 2.00. The zero-order valence-corrected chi connectivity index (χ0v) is 15.3. The largest absolute Gasteiger partial charge is 0.467 e. The van der Waals surface area contributed by atoms with Crippen LogP contribution >= 0.6 is 0 Å². The van der Waals surface area contributed by atoms with Crippen molar-refractivity contribution in [3.63, 3.8) is 0 Å². The molecule has 1 unspecified atom stereocenters. The van der Waals surface area contributed by atoms with Gasteiger partial charge in [-0.15, -0.1) is 0 Å². The average Bonchev–Trinajstić information content (AvgIpc) is 3.20. The molecule has 2 aliphatic rings. The Morgan fingerprint density at radius 3 is 3.00 bits per heavy atom. The minimum Gasteiger partial charge on any atom is -0.467 e. The molecule has 2 atom stereocenters. The number of rotatable bonds is 5. The molecule has 4 heterocycles. The van der Waals surface area contributed by atoms with E-state index in [4.69, 9.17) is 9.26 Å². The third-order valence-electron chi connectivity index (χ3n) is 5.13. The molecule has 1 amide bonds. The number of pyridine rings is 1. The molecule has 1 saturated heterocycles. The SMILES string of the molecule is Cc1onc(O[C@H]2CNCC2F)c1-c1ccn2nc(NC(=O)C3CC3)cc2c1. The molecule has 0 radical (unpaired) electrons. The number of nitrogens with one attached hydrogen (secondary N) is 2. The van der Waals surface area contributed by atoms with Crippen molar-refractivity contribution < 1.29 is 18.4 Å². The Labute approximate surface area is 160 Å². The number of nitrogens with zero attached hydrogens (tertiary/aromatic N) is 3. The molecule has 2 N–H and O–H groups in total. The van der Waals surface area contributed by atoms with Crippen LogP contribution in [-0.2, 0) is 4.79 Å². The van der Waals surface area contributed by atoms with E-state index in [1.165, 1.54) is 0 Å². The van der Waals surface area contributed by atoms with Crippen LogP contribution in [0.3, 0.4) is 0 Å². The highest BCUT2D eigenvalue weighted by Gasteiger charge is 2.31. The van der Waals surface area contributed by atoms with E-state index in [0.717, 1.165) is 23.9 Å². The lowest BCUT2D eigenvalue weighted by atomic mass is 10.1. The second kappa shape index (κ2) is 6.59. The van der Waals surface area contributed by atoms with Crippen molar-refractivity contribution in [2.45, 2.75) is 32.0 Å². The number of hydrogen-bond donors (Lipinski definition) is 2. The van der Waals surface area contributed by atoms with Crippen LogP contribution in [0.2, 0.25) is 0 Å². The van der Waals surface area contributed by atoms with Gasteiger partial charge in [-0.2, -0.15) is 5.10 Å². The first kappa shape index (κ1) is 17.2. The summed E-state index contributed by atoms with van der Waals surface area (Å²) in [5.41, 5.74) is 2.31. The molecular weight excluding hydrogens is 365 g/mol. The molecule has 3 aromatic heterocycles. The number of amides is 1. The van der Waals surface area contributed by atoms with Crippen molar-refractivity contribution in [3.8, 4) is 17.0 Å². The van der Waals surface area contributed by atoms with Crippen LogP contribution in [0.5, 0.6) is 5.88 Å². The second-order valence-electron chi connectivity index (χ2n) is 7.33. The lowest BCUT2D eigenvalue weighted by Gasteiger charge is -2.13. The number of ether oxygens (including phenoxy) is 1. The summed E-state index contributed by atoms with van der Waals surface area (Å²) in [4.78, 5) is 12.0. The summed E-state index contributed by atoms with van der Waals surface area (Å²) >= 11 is 0. The van der Waals surface area contributed by atoms with E-state index in [9.17, 15) is 9.18 Å². The maximum atomic E-state index is 13.9. The number of anilines is 1. The highest BCUT2D eigenvalue weighted by molar-refractivity contribution is 5.93. The summed E-state index contributed by atoms with van der Waals surface area (Å²) in [6.45, 7) is 2.49. The molecule has 8 nitrogen and oxygen atoms in total. The van der Waals surface area contributed by atoms with Crippen LogP contribution < -0.4 is 15.4 Å². The van der Waals surface area contributed by atoms with Gasteiger partial charge in [-0.3, -0.25) is 4.79 Å². The van der Waals surface area contributed by atoms with Crippen molar-refractivity contribution in [2.24, 2.45) is 5.92 Å². The molecule has 3 aromatic rings. The quantitative estimate of drug-likeness (QED) is 0.700. The molecule has 5 rings (SSSR count). The van der Waals surface area contributed by atoms with Crippen molar-refractivity contribution in [2.75, 3.05) is 18.4 Å². The fraction of sp³-hybridized carbons (Fsp3) is 0.421. The normalized spacial score (nSPS) is 21.9. The highest BCUT2D eigenvalue weighted by atomic mass is 19.1. The van der Waals surface area contributed by atoms with Crippen LogP contribution in [-0.4, -0.2) is 46.0 Å². The number of alkyl halides is 1. The van der Waals surface area contributed by atoms with Gasteiger partial charge in [-0.05, 0) is 42.6 Å². The number of hydrogen-bond acceptors (Lipinski definition) is 6. The van der Waals surface area contributed by atoms with Gasteiger partial charge < -0.3 is 19.9 Å². The number of aromatic nitrogens is 3. The summed E-state index contributed by atoms with van der Waals surface area (Å²) in [6, 6.07) is 5.58. The third kappa shape index (κ3) is 3.11. The number of halogens is 1. The standard InChI is InChI=1S/C19H20FN5O3/c1-10-17(19(24-28-10)27-15-9-21-8-14(15)20)12-4-5-25-13(6-12)7-16(23-25)22-18(26)11-2-3-11/h4-7,11,14-15,21H,2-3,8-9H2,1H3,(H,22,23,26)/t14?,15-/m0/s1. The fourth-order valence-corrected chi connectivity index (χ4v) is 3.43. The van der Waals surface area contributed by atoms with E-state index in [1.807, 2.05) is 18.2 Å². The summed E-state index contributed by atoms with van der Waals surface area (Å²) in [5, 5.41) is 14.2. The first-order valence-electron chi connectivity index (χ1n) is 9.37. The molecule has 0 bridgehead atoms. The van der Waals surface area contributed by atoms with Crippen LogP contribution in [0.1, 0.15) is 18.6 Å². The van der Waals surface area contributed by atoms with Gasteiger partial charge in [0.05, 0.1) is 11.1 Å². The zero-order valence-electron chi connectivity index (χ0n) is 15.3. The highest BCUT2D eigenvalue weighted by Crippen LogP contribution is 2.35. The van der Waals surface area contributed by atoms with Crippen molar-refractivity contribution in [1.82, 2.24) is 20.1 Å². The molecule has 1 aliphatic carbocycles. The lowest BCUT2D eigenvalue weighted by Crippen LogP contribution is -2.27. The maximum absolute atomic E-state index is 13.9. The first-order valence-corrected chi connectivity index (χ1v) is 9.37. The number of aryl methyl sites for hydroxylation is 1. The minimum absolute atomic E-state index is 0.0140. The van der Waals surface area contributed by atoms with E-state index in [0.29, 0.717) is 23.7 Å². The molecule has 9 heteroatoms. The first-order chi connectivity index (χ1) is 13.6. The predicted octanol–water partition coefficient (Wildman–Crippen LogP) is 2.33. The molecule has 1 saturated carbocycles. The maximum Gasteiger partial charge on any atom is 0.262 e. The molecule has 0 spiro atoms. The monoisotopic (exact) mass is 385 g/mol. The van der Waals surface area contributed by atoms with E-state index < -0.39 is 12.3 Å². The number of fused-ring (bicyclic) bond motifs is 1. The Hall–Kier alpha value is -2.94.